The van der Waals surface area contributed by atoms with E-state index in [0.717, 1.165) is 48.8 Å². The number of aliphatic hydroxyl groups is 1. The number of benzene rings is 1. The number of carbonyl (C=O) groups is 15. The van der Waals surface area contributed by atoms with Crippen molar-refractivity contribution in [2.75, 3.05) is 45.0 Å². The molecule has 0 saturated carbocycles. The summed E-state index contributed by atoms with van der Waals surface area (Å²) in [7, 11) is -4.25. The van der Waals surface area contributed by atoms with Gasteiger partial charge in [0, 0.05) is 36.7 Å². The van der Waals surface area contributed by atoms with Crippen molar-refractivity contribution >= 4 is 110 Å². The molecule has 35 nitrogen and oxygen atoms in total. The van der Waals surface area contributed by atoms with Crippen LogP contribution in [-0.2, 0) is 88.4 Å². The van der Waals surface area contributed by atoms with Crippen molar-refractivity contribution in [3.8, 4) is 0 Å². The van der Waals surface area contributed by atoms with Crippen LogP contribution in [0.1, 0.15) is 181 Å². The van der Waals surface area contributed by atoms with Crippen LogP contribution in [0.25, 0.3) is 10.9 Å². The zero-order valence-corrected chi connectivity index (χ0v) is 61.0. The Morgan fingerprint density at radius 1 is 0.562 bits per heavy atom. The normalized spacial score (nSPS) is 22.5. The number of rotatable bonds is 32. The predicted octanol–water partition coefficient (Wildman–Crippen LogP) is -0.910. The van der Waals surface area contributed by atoms with E-state index in [4.69, 9.17) is 0 Å². The number of unbranched alkanes of at least 4 members (excludes halogenated alkanes) is 13. The molecule has 36 heteroatoms. The summed E-state index contributed by atoms with van der Waals surface area (Å²) in [6.45, 7) is 2.47. The molecular weight excluding hydrogens is 1390 g/mol. The summed E-state index contributed by atoms with van der Waals surface area (Å²) >= 11 is 0. The van der Waals surface area contributed by atoms with Gasteiger partial charge in [-0.3, -0.25) is 71.9 Å². The zero-order chi connectivity index (χ0) is 77.3. The molecule has 4 heterocycles. The molecule has 0 radical (unpaired) electrons. The van der Waals surface area contributed by atoms with E-state index in [9.17, 15) is 96.0 Å². The number of amides is 12. The van der Waals surface area contributed by atoms with Gasteiger partial charge in [-0.1, -0.05) is 129 Å². The van der Waals surface area contributed by atoms with Crippen molar-refractivity contribution in [3.05, 3.63) is 36.0 Å². The number of fused-ring (bicyclic) bond motifs is 3. The highest BCUT2D eigenvalue weighted by Gasteiger charge is 2.43. The van der Waals surface area contributed by atoms with E-state index in [-0.39, 0.29) is 63.8 Å². The quantitative estimate of drug-likeness (QED) is 0.0394. The molecule has 1 aromatic heterocycles. The molecule has 12 amide bonds. The van der Waals surface area contributed by atoms with E-state index in [0.29, 0.717) is 29.3 Å². The summed E-state index contributed by atoms with van der Waals surface area (Å²) in [5.74, 6) is -19.4. The minimum absolute atomic E-state index is 0.00188. The smallest absolute Gasteiger partial charge is 0.305 e. The highest BCUT2D eigenvalue weighted by molar-refractivity contribution is 7.89. The molecule has 16 N–H and O–H groups in total. The molecule has 3 aliphatic heterocycles. The Morgan fingerprint density at radius 3 is 1.61 bits per heavy atom. The average molecular weight is 1500 g/mol. The number of carbonyl (C=O) groups excluding carboxylic acids is 12. The molecule has 3 fully saturated rings. The molecular formula is C69H106N14O21S. The second-order valence-electron chi connectivity index (χ2n) is 27.1. The van der Waals surface area contributed by atoms with E-state index >= 15 is 4.79 Å². The van der Waals surface area contributed by atoms with Crippen molar-refractivity contribution in [1.29, 1.82) is 0 Å². The van der Waals surface area contributed by atoms with Crippen LogP contribution in [0.3, 0.4) is 0 Å². The van der Waals surface area contributed by atoms with Crippen molar-refractivity contribution < 1.29 is 101 Å². The SMILES string of the molecule is CCCCCCCCCCCCCCCCS(=O)(=O)N[C@@H](Cc1c[nH]c2ccccc12)C(=O)N[C@@H](CC(=O)O)C(=O)N[C@H]1CNC(=O)[C@@H]2CCCN2C(=O)[C@H]([C@H](C)CC)NC(=O)[C@H]([C@@H](C)O)NC(=O)CNC(=O)[C@H](CC(=O)O)NC(=O)CNC(=O)[C@H](CC(=O)O)NC(=O)CNC(=O)[C@@H]2CCCCN2C1=O. The second kappa shape index (κ2) is 43.8. The Labute approximate surface area is 609 Å². The maximum Gasteiger partial charge on any atom is 0.305 e. The van der Waals surface area contributed by atoms with E-state index in [1.165, 1.54) is 44.9 Å². The Bertz CT molecular complexity index is 3480. The molecule has 3 saturated heterocycles. The minimum atomic E-state index is -4.25. The van der Waals surface area contributed by atoms with Crippen LogP contribution in [0.15, 0.2) is 30.5 Å². The number of aliphatic carboxylic acids is 3. The molecule has 0 spiro atoms. The third-order valence-electron chi connectivity index (χ3n) is 18.7. The number of H-pyrrole nitrogens is 1. The first kappa shape index (κ1) is 86.3. The first-order chi connectivity index (χ1) is 49.9. The molecule has 1 aromatic carbocycles. The molecule has 11 atom stereocenters. The van der Waals surface area contributed by atoms with Crippen molar-refractivity contribution in [1.82, 2.24) is 72.7 Å². The Kier molecular flexibility index (Phi) is 36.0. The number of aliphatic hydroxyl groups excluding tert-OH is 1. The zero-order valence-electron chi connectivity index (χ0n) is 60.2. The van der Waals surface area contributed by atoms with E-state index < -0.39 is 211 Å². The number of hydrogen-bond acceptors (Lipinski definition) is 18. The summed E-state index contributed by atoms with van der Waals surface area (Å²) in [4.78, 5) is 210. The maximum atomic E-state index is 15.2. The second-order valence-corrected chi connectivity index (χ2v) is 29.0. The van der Waals surface area contributed by atoms with Gasteiger partial charge >= 0.3 is 17.9 Å². The van der Waals surface area contributed by atoms with Crippen LogP contribution >= 0.6 is 0 Å². The van der Waals surface area contributed by atoms with Crippen molar-refractivity contribution in [2.24, 2.45) is 5.92 Å². The highest BCUT2D eigenvalue weighted by Crippen LogP contribution is 2.25. The maximum absolute atomic E-state index is 15.2. The number of nitrogens with zero attached hydrogens (tertiary/aromatic N) is 2. The third-order valence-corrected chi connectivity index (χ3v) is 20.2. The molecule has 0 aliphatic carbocycles. The highest BCUT2D eigenvalue weighted by atomic mass is 32.2. The number of hydrogen-bond donors (Lipinski definition) is 16. The third kappa shape index (κ3) is 28.9. The fourth-order valence-electron chi connectivity index (χ4n) is 12.8. The number of carboxylic acids is 3. The summed E-state index contributed by atoms with van der Waals surface area (Å²) in [5, 5.41) is 63.7. The van der Waals surface area contributed by atoms with Gasteiger partial charge in [0.2, 0.25) is 80.9 Å². The molecule has 584 valence electrons. The van der Waals surface area contributed by atoms with Gasteiger partial charge in [-0.25, -0.2) is 13.1 Å². The van der Waals surface area contributed by atoms with E-state index in [1.807, 2.05) is 0 Å². The topological polar surface area (TPSA) is 526 Å². The number of sulfonamides is 1. The summed E-state index contributed by atoms with van der Waals surface area (Å²) in [5.41, 5.74) is 1.13. The van der Waals surface area contributed by atoms with E-state index in [1.54, 1.807) is 44.3 Å². The van der Waals surface area contributed by atoms with Gasteiger partial charge < -0.3 is 88.4 Å². The molecule has 0 bridgehead atoms. The summed E-state index contributed by atoms with van der Waals surface area (Å²) in [6, 6.07) is -8.61. The first-order valence-electron chi connectivity index (χ1n) is 36.3. The lowest BCUT2D eigenvalue weighted by molar-refractivity contribution is -0.146. The number of carboxylic acid groups (broad SMARTS) is 3. The predicted molar refractivity (Wildman–Crippen MR) is 379 cm³/mol. The average Bonchev–Trinajstić information content (AvgIpc) is 1.16. The number of para-hydroxylation sites is 1. The van der Waals surface area contributed by atoms with Crippen molar-refractivity contribution in [3.63, 3.8) is 0 Å². The number of nitrogens with one attached hydrogen (secondary N) is 12. The van der Waals surface area contributed by atoms with Gasteiger partial charge in [-0.2, -0.15) is 0 Å². The summed E-state index contributed by atoms with van der Waals surface area (Å²) in [6.07, 6.45) is 11.5. The monoisotopic (exact) mass is 1500 g/mol. The fourth-order valence-corrected chi connectivity index (χ4v) is 14.1. The fraction of sp³-hybridized carbons (Fsp3) is 0.667. The van der Waals surface area contributed by atoms with E-state index in [2.05, 4.69) is 69.8 Å². The van der Waals surface area contributed by atoms with Gasteiger partial charge in [0.25, 0.3) is 0 Å². The molecule has 3 aliphatic rings. The Hall–Kier alpha value is -9.32. The number of aromatic amines is 1. The van der Waals surface area contributed by atoms with Crippen LogP contribution in [0.2, 0.25) is 0 Å². The van der Waals surface area contributed by atoms with Crippen LogP contribution in [0.4, 0.5) is 0 Å². The van der Waals surface area contributed by atoms with Gasteiger partial charge in [-0.05, 0) is 69.4 Å². The minimum Gasteiger partial charge on any atom is -0.481 e. The van der Waals surface area contributed by atoms with Crippen LogP contribution in [0.5, 0.6) is 0 Å². The van der Waals surface area contributed by atoms with Crippen LogP contribution in [-0.4, -0.2) is 238 Å². The number of piperidine rings is 1. The Balaban J connectivity index is 1.46. The van der Waals surface area contributed by atoms with Crippen LogP contribution in [0, 0.1) is 5.92 Å². The standard InChI is InChI=1S/C69H106N14O21S/c1-5-7-8-9-10-11-12-13-14-15-16-17-18-23-31-105(103,104)81-49(32-43-36-70-45-26-20-19-25-44(43)45)64(97)77-48(35-58(92)93)63(96)78-50-37-71-65(98)52-28-24-30-83(52)69(102)59(41(3)6-2)80-67(100)60(42(4)84)79-55(87)40-73-62(95)47(34-57(90)91)75-53(85)38-72-61(94)46(33-56(88)89)76-54(86)39-74-66(99)51-27-21-22-29-82(51)68(50)101/h19-20,25-26,36,41-42,46-52,59-60,70,81,84H,5-18,21-24,27-35,37-40H2,1-4H3,(H,71,98)(H,72,94)(H,73,95)(H,74,99)(H,75,85)(H,76,86)(H,77,97)(H,78,96)(H,79,87)(H,80,100)(H,88,89)(H,90,91)(H,92,93)/t41-,42-,46+,47+,48+,49+,50+,51+,52+,59+,60+/m1/s1. The summed E-state index contributed by atoms with van der Waals surface area (Å²) < 4.78 is 30.3. The van der Waals surface area contributed by atoms with Gasteiger partial charge in [0.1, 0.15) is 54.4 Å². The van der Waals surface area contributed by atoms with Gasteiger partial charge in [-0.15, -0.1) is 0 Å². The lowest BCUT2D eigenvalue weighted by Gasteiger charge is -2.37. The lowest BCUT2D eigenvalue weighted by Crippen LogP contribution is -2.63. The largest absolute Gasteiger partial charge is 0.481 e. The van der Waals surface area contributed by atoms with Gasteiger partial charge in [0.05, 0.1) is 50.8 Å². The first-order valence-corrected chi connectivity index (χ1v) is 38.0. The van der Waals surface area contributed by atoms with Gasteiger partial charge in [0.15, 0.2) is 0 Å². The van der Waals surface area contributed by atoms with Crippen LogP contribution < -0.4 is 57.9 Å². The molecule has 5 rings (SSSR count). The molecule has 105 heavy (non-hydrogen) atoms. The molecule has 2 aromatic rings. The number of aromatic nitrogens is 1. The Morgan fingerprint density at radius 2 is 1.07 bits per heavy atom. The lowest BCUT2D eigenvalue weighted by atomic mass is 9.96. The molecule has 0 unspecified atom stereocenters. The van der Waals surface area contributed by atoms with Crippen molar-refractivity contribution in [2.45, 2.75) is 242 Å².